The first kappa shape index (κ1) is 28.9. The predicted octanol–water partition coefficient (Wildman–Crippen LogP) is 7.25. The number of ether oxygens (including phenoxy) is 1. The smallest absolute Gasteiger partial charge is 0.321 e. The van der Waals surface area contributed by atoms with Gasteiger partial charge in [-0.2, -0.15) is 0 Å². The van der Waals surface area contributed by atoms with Gasteiger partial charge in [-0.25, -0.2) is 4.98 Å². The van der Waals surface area contributed by atoms with E-state index in [-0.39, 0.29) is 17.9 Å². The number of para-hydroxylation sites is 2. The van der Waals surface area contributed by atoms with Crippen molar-refractivity contribution in [3.63, 3.8) is 0 Å². The quantitative estimate of drug-likeness (QED) is 0.212. The topological polar surface area (TPSA) is 64.4 Å². The molecule has 2 heterocycles. The number of aromatic nitrogens is 2. The van der Waals surface area contributed by atoms with Gasteiger partial charge in [-0.15, -0.1) is 0 Å². The number of likely N-dealkylation sites (tertiary alicyclic amines) is 1. The van der Waals surface area contributed by atoms with E-state index in [2.05, 4.69) is 66.1 Å². The molecule has 6 rings (SSSR count). The Morgan fingerprint density at radius 1 is 0.976 bits per heavy atom. The molecule has 3 aliphatic rings. The molecule has 2 aromatic carbocycles. The SMILES string of the molecule is CCOC(=O)C(C)(C)C(=O)N1CCC(CCC2C3CC[C@H]2CC(n2c(C)nc4ccccc42)C3)(c2ccccc2)CC1. The van der Waals surface area contributed by atoms with Gasteiger partial charge >= 0.3 is 5.97 Å². The van der Waals surface area contributed by atoms with Gasteiger partial charge in [-0.1, -0.05) is 42.5 Å². The van der Waals surface area contributed by atoms with Crippen molar-refractivity contribution < 1.29 is 14.3 Å². The van der Waals surface area contributed by atoms with Crippen molar-refractivity contribution in [2.75, 3.05) is 19.7 Å². The second kappa shape index (κ2) is 11.5. The Morgan fingerprint density at radius 3 is 2.29 bits per heavy atom. The number of nitrogens with zero attached hydrogens (tertiary/aromatic N) is 3. The Hall–Kier alpha value is -3.15. The van der Waals surface area contributed by atoms with Crippen LogP contribution in [0.3, 0.4) is 0 Å². The number of hydrogen-bond donors (Lipinski definition) is 0. The van der Waals surface area contributed by atoms with Crippen LogP contribution in [0, 0.1) is 30.1 Å². The van der Waals surface area contributed by atoms with Gasteiger partial charge in [0.15, 0.2) is 0 Å². The molecular formula is C36H47N3O3. The summed E-state index contributed by atoms with van der Waals surface area (Å²) in [7, 11) is 0. The number of hydrogen-bond acceptors (Lipinski definition) is 4. The Kier molecular flexibility index (Phi) is 7.93. The normalized spacial score (nSPS) is 25.5. The molecule has 6 heteroatoms. The summed E-state index contributed by atoms with van der Waals surface area (Å²) in [5.41, 5.74) is 2.72. The molecule has 3 fully saturated rings. The largest absolute Gasteiger partial charge is 0.465 e. The van der Waals surface area contributed by atoms with Crippen LogP contribution < -0.4 is 0 Å². The lowest BCUT2D eigenvalue weighted by Gasteiger charge is -2.45. The lowest BCUT2D eigenvalue weighted by atomic mass is 9.65. The number of imidazole rings is 1. The van der Waals surface area contributed by atoms with E-state index < -0.39 is 11.4 Å². The fourth-order valence-corrected chi connectivity index (χ4v) is 8.78. The third kappa shape index (κ3) is 5.16. The zero-order chi connectivity index (χ0) is 29.5. The minimum Gasteiger partial charge on any atom is -0.465 e. The molecule has 4 atom stereocenters. The van der Waals surface area contributed by atoms with E-state index in [4.69, 9.17) is 9.72 Å². The maximum Gasteiger partial charge on any atom is 0.321 e. The molecule has 3 aromatic rings. The van der Waals surface area contributed by atoms with Crippen LogP contribution in [0.2, 0.25) is 0 Å². The Bertz CT molecular complexity index is 1410. The molecule has 1 aliphatic heterocycles. The van der Waals surface area contributed by atoms with E-state index in [1.165, 1.54) is 43.2 Å². The summed E-state index contributed by atoms with van der Waals surface area (Å²) in [5.74, 6) is 2.93. The van der Waals surface area contributed by atoms with Gasteiger partial charge in [0.25, 0.3) is 0 Å². The highest BCUT2D eigenvalue weighted by atomic mass is 16.5. The van der Waals surface area contributed by atoms with Crippen LogP contribution in [0.1, 0.15) is 89.6 Å². The minimum absolute atomic E-state index is 0.0690. The number of rotatable bonds is 8. The molecule has 0 spiro atoms. The van der Waals surface area contributed by atoms with Gasteiger partial charge in [-0.3, -0.25) is 9.59 Å². The highest BCUT2D eigenvalue weighted by Crippen LogP contribution is 2.54. The molecule has 1 saturated heterocycles. The highest BCUT2D eigenvalue weighted by Gasteiger charge is 2.47. The highest BCUT2D eigenvalue weighted by molar-refractivity contribution is 6.01. The Morgan fingerprint density at radius 2 is 1.62 bits per heavy atom. The zero-order valence-corrected chi connectivity index (χ0v) is 25.9. The van der Waals surface area contributed by atoms with E-state index in [0.29, 0.717) is 19.1 Å². The second-order valence-corrected chi connectivity index (χ2v) is 13.7. The maximum atomic E-state index is 13.4. The van der Waals surface area contributed by atoms with Crippen LogP contribution in [0.25, 0.3) is 11.0 Å². The molecule has 2 aliphatic carbocycles. The Labute approximate surface area is 250 Å². The Balaban J connectivity index is 1.16. The maximum absolute atomic E-state index is 13.4. The summed E-state index contributed by atoms with van der Waals surface area (Å²) in [6.07, 6.45) is 9.50. The number of benzene rings is 2. The molecule has 1 aromatic heterocycles. The van der Waals surface area contributed by atoms with Gasteiger partial charge in [0, 0.05) is 19.1 Å². The summed E-state index contributed by atoms with van der Waals surface area (Å²) >= 11 is 0. The van der Waals surface area contributed by atoms with E-state index in [0.717, 1.165) is 48.4 Å². The van der Waals surface area contributed by atoms with Crippen LogP contribution in [0.4, 0.5) is 0 Å². The number of amides is 1. The first-order valence-electron chi connectivity index (χ1n) is 16.2. The molecule has 42 heavy (non-hydrogen) atoms. The number of aryl methyl sites for hydroxylation is 1. The molecule has 0 radical (unpaired) electrons. The average molecular weight is 570 g/mol. The second-order valence-electron chi connectivity index (χ2n) is 13.7. The number of fused-ring (bicyclic) bond motifs is 3. The third-order valence-electron chi connectivity index (χ3n) is 11.1. The van der Waals surface area contributed by atoms with Crippen LogP contribution in [0.15, 0.2) is 54.6 Å². The lowest BCUT2D eigenvalue weighted by molar-refractivity contribution is -0.163. The molecular weight excluding hydrogens is 522 g/mol. The van der Waals surface area contributed by atoms with Crippen molar-refractivity contribution in [3.8, 4) is 0 Å². The van der Waals surface area contributed by atoms with Crippen LogP contribution in [-0.4, -0.2) is 46.0 Å². The molecule has 224 valence electrons. The van der Waals surface area contributed by atoms with Crippen molar-refractivity contribution in [1.82, 2.24) is 14.5 Å². The standard InChI is InChI=1S/C36H47N3O3/c1-5-42-34(41)35(3,4)33(40)38-21-19-36(20-22-38,28-11-7-6-8-12-28)18-17-30-26-15-16-27(30)24-29(23-26)39-25(2)37-31-13-9-10-14-32(31)39/h6-14,26-27,29-30H,5,15-24H2,1-4H3/t26-,27?,29?,30?/m0/s1. The molecule has 3 unspecified atom stereocenters. The first-order valence-corrected chi connectivity index (χ1v) is 16.2. The van der Waals surface area contributed by atoms with Crippen LogP contribution in [0.5, 0.6) is 0 Å². The molecule has 0 N–H and O–H groups in total. The predicted molar refractivity (Wildman–Crippen MR) is 166 cm³/mol. The van der Waals surface area contributed by atoms with E-state index >= 15 is 0 Å². The van der Waals surface area contributed by atoms with Crippen molar-refractivity contribution in [1.29, 1.82) is 0 Å². The van der Waals surface area contributed by atoms with Crippen molar-refractivity contribution in [2.45, 2.75) is 90.5 Å². The number of esters is 1. The van der Waals surface area contributed by atoms with Crippen molar-refractivity contribution >= 4 is 22.9 Å². The molecule has 2 bridgehead atoms. The molecule has 2 saturated carbocycles. The van der Waals surface area contributed by atoms with Gasteiger partial charge in [0.05, 0.1) is 17.6 Å². The average Bonchev–Trinajstić information content (AvgIpc) is 3.46. The summed E-state index contributed by atoms with van der Waals surface area (Å²) in [6.45, 7) is 9.01. The fourth-order valence-electron chi connectivity index (χ4n) is 8.78. The van der Waals surface area contributed by atoms with Crippen molar-refractivity contribution in [2.24, 2.45) is 23.2 Å². The lowest BCUT2D eigenvalue weighted by Crippen LogP contribution is -2.51. The summed E-state index contributed by atoms with van der Waals surface area (Å²) in [5, 5.41) is 0. The number of carbonyl (C=O) groups is 2. The molecule has 6 nitrogen and oxygen atoms in total. The number of piperidine rings is 1. The monoisotopic (exact) mass is 569 g/mol. The van der Waals surface area contributed by atoms with Crippen LogP contribution in [-0.2, 0) is 19.7 Å². The summed E-state index contributed by atoms with van der Waals surface area (Å²) in [6, 6.07) is 20.1. The van der Waals surface area contributed by atoms with E-state index in [1.807, 2.05) is 4.90 Å². The van der Waals surface area contributed by atoms with Gasteiger partial charge in [0.1, 0.15) is 11.2 Å². The van der Waals surface area contributed by atoms with E-state index in [1.54, 1.807) is 20.8 Å². The fraction of sp³-hybridized carbons (Fsp3) is 0.583. The van der Waals surface area contributed by atoms with Crippen molar-refractivity contribution in [3.05, 3.63) is 66.0 Å². The van der Waals surface area contributed by atoms with Gasteiger partial charge in [-0.05, 0) is 120 Å². The van der Waals surface area contributed by atoms with Gasteiger partial charge in [0.2, 0.25) is 5.91 Å². The third-order valence-corrected chi connectivity index (χ3v) is 11.1. The zero-order valence-electron chi connectivity index (χ0n) is 25.9. The first-order chi connectivity index (χ1) is 20.2. The molecule has 1 amide bonds. The van der Waals surface area contributed by atoms with Gasteiger partial charge < -0.3 is 14.2 Å². The summed E-state index contributed by atoms with van der Waals surface area (Å²) in [4.78, 5) is 32.8. The summed E-state index contributed by atoms with van der Waals surface area (Å²) < 4.78 is 7.76. The minimum atomic E-state index is -1.15. The van der Waals surface area contributed by atoms with E-state index in [9.17, 15) is 9.59 Å². The number of carbonyl (C=O) groups excluding carboxylic acids is 2. The van der Waals surface area contributed by atoms with Crippen LogP contribution >= 0.6 is 0 Å².